The molecule has 0 radical (unpaired) electrons. The second-order valence-electron chi connectivity index (χ2n) is 5.69. The zero-order chi connectivity index (χ0) is 18.8. The van der Waals surface area contributed by atoms with Crippen LogP contribution in [0.4, 0.5) is 11.6 Å². The van der Waals surface area contributed by atoms with Crippen LogP contribution in [0.15, 0.2) is 64.2 Å². The number of aryl methyl sites for hydroxylation is 1. The van der Waals surface area contributed by atoms with Crippen LogP contribution < -0.4 is 5.43 Å². The third kappa shape index (κ3) is 3.13. The number of hydrazone groups is 1. The maximum absolute atomic E-state index is 10.6. The quantitative estimate of drug-likeness (QED) is 0.329. The Hall–Kier alpha value is -4.01. The number of aromatic nitrogens is 3. The predicted octanol–water partition coefficient (Wildman–Crippen LogP) is 3.68. The molecule has 9 heteroatoms. The van der Waals surface area contributed by atoms with Crippen LogP contribution in [0.2, 0.25) is 0 Å². The van der Waals surface area contributed by atoms with Gasteiger partial charge in [0, 0.05) is 6.20 Å². The van der Waals surface area contributed by atoms with Crippen LogP contribution in [0.25, 0.3) is 16.7 Å². The number of benzene rings is 1. The van der Waals surface area contributed by atoms with E-state index in [-0.39, 0.29) is 11.6 Å². The molecule has 4 aromatic rings. The van der Waals surface area contributed by atoms with Crippen LogP contribution >= 0.6 is 0 Å². The molecule has 1 N–H and O–H groups in total. The average Bonchev–Trinajstić information content (AvgIpc) is 3.28. The van der Waals surface area contributed by atoms with E-state index in [2.05, 4.69) is 20.6 Å². The minimum Gasteiger partial charge on any atom is -0.400 e. The summed E-state index contributed by atoms with van der Waals surface area (Å²) in [4.78, 5) is 14.5. The molecule has 27 heavy (non-hydrogen) atoms. The van der Waals surface area contributed by atoms with Crippen molar-refractivity contribution in [2.24, 2.45) is 5.10 Å². The third-order valence-electron chi connectivity index (χ3n) is 3.91. The monoisotopic (exact) mass is 362 g/mol. The first-order valence-corrected chi connectivity index (χ1v) is 8.06. The SMILES string of the molecule is Cc1nn(-c2ccccc2)c2nccc(N/N=C\c3ccc([N+](=O)[O-])o3)c12. The molecule has 9 nitrogen and oxygen atoms in total. The van der Waals surface area contributed by atoms with Gasteiger partial charge in [0.25, 0.3) is 0 Å². The van der Waals surface area contributed by atoms with Gasteiger partial charge in [-0.2, -0.15) is 10.2 Å². The fraction of sp³-hybridized carbons (Fsp3) is 0.0556. The van der Waals surface area contributed by atoms with Crippen molar-refractivity contribution in [1.82, 2.24) is 14.8 Å². The fourth-order valence-electron chi connectivity index (χ4n) is 2.73. The van der Waals surface area contributed by atoms with Crippen LogP contribution in [-0.4, -0.2) is 25.9 Å². The van der Waals surface area contributed by atoms with Gasteiger partial charge >= 0.3 is 5.88 Å². The number of nitro groups is 1. The third-order valence-corrected chi connectivity index (χ3v) is 3.91. The molecular weight excluding hydrogens is 348 g/mol. The molecule has 0 fully saturated rings. The molecular formula is C18H14N6O3. The molecule has 134 valence electrons. The minimum absolute atomic E-state index is 0.274. The number of rotatable bonds is 5. The largest absolute Gasteiger partial charge is 0.433 e. The summed E-state index contributed by atoms with van der Waals surface area (Å²) in [5, 5.41) is 20.2. The van der Waals surface area contributed by atoms with Gasteiger partial charge in [0.15, 0.2) is 11.4 Å². The number of hydrogen-bond donors (Lipinski definition) is 1. The van der Waals surface area contributed by atoms with E-state index in [1.807, 2.05) is 37.3 Å². The molecule has 3 aromatic heterocycles. The van der Waals surface area contributed by atoms with E-state index < -0.39 is 4.92 Å². The van der Waals surface area contributed by atoms with Crippen LogP contribution in [0, 0.1) is 17.0 Å². The molecule has 0 unspecified atom stereocenters. The first-order chi connectivity index (χ1) is 13.1. The van der Waals surface area contributed by atoms with Crippen molar-refractivity contribution in [2.45, 2.75) is 6.92 Å². The Balaban J connectivity index is 1.65. The van der Waals surface area contributed by atoms with E-state index in [0.717, 1.165) is 22.5 Å². The summed E-state index contributed by atoms with van der Waals surface area (Å²) >= 11 is 0. The molecule has 0 saturated heterocycles. The highest BCUT2D eigenvalue weighted by Gasteiger charge is 2.14. The molecule has 0 atom stereocenters. The highest BCUT2D eigenvalue weighted by molar-refractivity contribution is 5.92. The van der Waals surface area contributed by atoms with Crippen molar-refractivity contribution in [3.63, 3.8) is 0 Å². The standard InChI is InChI=1S/C18H14N6O3/c1-12-17-15(21-20-11-14-7-8-16(27-14)24(25)26)9-10-19-18(17)23(22-12)13-5-3-2-4-6-13/h2-11H,1H3,(H,19,21)/b20-11-. The van der Waals surface area contributed by atoms with Gasteiger partial charge in [0.1, 0.15) is 4.92 Å². The highest BCUT2D eigenvalue weighted by atomic mass is 16.6. The minimum atomic E-state index is -0.599. The maximum Gasteiger partial charge on any atom is 0.433 e. The van der Waals surface area contributed by atoms with E-state index in [0.29, 0.717) is 5.65 Å². The first kappa shape index (κ1) is 16.5. The van der Waals surface area contributed by atoms with Gasteiger partial charge in [-0.3, -0.25) is 15.5 Å². The lowest BCUT2D eigenvalue weighted by Crippen LogP contribution is -1.97. The Bertz CT molecular complexity index is 1150. The smallest absolute Gasteiger partial charge is 0.400 e. The lowest BCUT2D eigenvalue weighted by atomic mass is 10.2. The Kier molecular flexibility index (Phi) is 4.09. The Labute approximate surface area is 153 Å². The number of para-hydroxylation sites is 1. The topological polar surface area (TPSA) is 111 Å². The van der Waals surface area contributed by atoms with E-state index >= 15 is 0 Å². The summed E-state index contributed by atoms with van der Waals surface area (Å²) in [7, 11) is 0. The zero-order valence-corrected chi connectivity index (χ0v) is 14.2. The van der Waals surface area contributed by atoms with Gasteiger partial charge in [0.05, 0.1) is 34.7 Å². The van der Waals surface area contributed by atoms with E-state index in [9.17, 15) is 10.1 Å². The van der Waals surface area contributed by atoms with E-state index in [4.69, 9.17) is 4.42 Å². The molecule has 0 saturated carbocycles. The second kappa shape index (κ2) is 6.71. The van der Waals surface area contributed by atoms with Crippen LogP contribution in [0.1, 0.15) is 11.5 Å². The number of fused-ring (bicyclic) bond motifs is 1. The van der Waals surface area contributed by atoms with Gasteiger partial charge < -0.3 is 4.42 Å². The second-order valence-corrected chi connectivity index (χ2v) is 5.69. The highest BCUT2D eigenvalue weighted by Crippen LogP contribution is 2.27. The van der Waals surface area contributed by atoms with Crippen molar-refractivity contribution >= 4 is 28.8 Å². The van der Waals surface area contributed by atoms with Gasteiger partial charge in [0.2, 0.25) is 0 Å². The summed E-state index contributed by atoms with van der Waals surface area (Å²) in [5.74, 6) is -0.0565. The maximum atomic E-state index is 10.6. The van der Waals surface area contributed by atoms with Crippen LogP contribution in [-0.2, 0) is 0 Å². The lowest BCUT2D eigenvalue weighted by molar-refractivity contribution is -0.402. The van der Waals surface area contributed by atoms with Crippen molar-refractivity contribution in [2.75, 3.05) is 5.43 Å². The fourth-order valence-corrected chi connectivity index (χ4v) is 2.73. The number of pyridine rings is 1. The molecule has 0 aliphatic carbocycles. The molecule has 0 bridgehead atoms. The van der Waals surface area contributed by atoms with Crippen molar-refractivity contribution in [1.29, 1.82) is 0 Å². The van der Waals surface area contributed by atoms with Gasteiger partial charge in [-0.15, -0.1) is 0 Å². The normalized spacial score (nSPS) is 11.3. The number of hydrogen-bond acceptors (Lipinski definition) is 7. The Morgan fingerprint density at radius 3 is 2.78 bits per heavy atom. The van der Waals surface area contributed by atoms with Gasteiger partial charge in [-0.1, -0.05) is 18.2 Å². The molecule has 0 aliphatic heterocycles. The molecule has 4 rings (SSSR count). The molecule has 0 spiro atoms. The van der Waals surface area contributed by atoms with Crippen molar-refractivity contribution < 1.29 is 9.34 Å². The Morgan fingerprint density at radius 1 is 1.22 bits per heavy atom. The molecule has 0 aliphatic rings. The molecule has 3 heterocycles. The number of furan rings is 1. The summed E-state index contributed by atoms with van der Waals surface area (Å²) < 4.78 is 6.81. The number of anilines is 1. The lowest BCUT2D eigenvalue weighted by Gasteiger charge is -2.04. The van der Waals surface area contributed by atoms with Crippen molar-refractivity contribution in [3.05, 3.63) is 76.3 Å². The van der Waals surface area contributed by atoms with Crippen LogP contribution in [0.5, 0.6) is 0 Å². The first-order valence-electron chi connectivity index (χ1n) is 8.06. The number of nitrogens with one attached hydrogen (secondary N) is 1. The summed E-state index contributed by atoms with van der Waals surface area (Å²) in [6.07, 6.45) is 3.04. The van der Waals surface area contributed by atoms with Crippen LogP contribution in [0.3, 0.4) is 0 Å². The molecule has 1 aromatic carbocycles. The summed E-state index contributed by atoms with van der Waals surface area (Å²) in [6.45, 7) is 1.90. The summed E-state index contributed by atoms with van der Waals surface area (Å²) in [5.41, 5.74) is 6.06. The molecule has 0 amide bonds. The van der Waals surface area contributed by atoms with Crippen molar-refractivity contribution in [3.8, 4) is 5.69 Å². The van der Waals surface area contributed by atoms with Gasteiger partial charge in [-0.25, -0.2) is 9.67 Å². The van der Waals surface area contributed by atoms with E-state index in [1.54, 1.807) is 16.9 Å². The predicted molar refractivity (Wildman–Crippen MR) is 100 cm³/mol. The Morgan fingerprint density at radius 2 is 2.04 bits per heavy atom. The number of nitrogens with zero attached hydrogens (tertiary/aromatic N) is 5. The van der Waals surface area contributed by atoms with Gasteiger partial charge in [-0.05, 0) is 31.2 Å². The van der Waals surface area contributed by atoms with E-state index in [1.165, 1.54) is 18.3 Å². The zero-order valence-electron chi connectivity index (χ0n) is 14.2. The summed E-state index contributed by atoms with van der Waals surface area (Å²) in [6, 6.07) is 14.3. The average molecular weight is 362 g/mol.